The first-order valence-electron chi connectivity index (χ1n) is 8.99. The first-order chi connectivity index (χ1) is 14.1. The average Bonchev–Trinajstić information content (AvgIpc) is 3.22. The topological polar surface area (TPSA) is 106 Å². The lowest BCUT2D eigenvalue weighted by molar-refractivity contribution is -0.0174. The highest BCUT2D eigenvalue weighted by Crippen LogP contribution is 2.29. The van der Waals surface area contributed by atoms with Crippen molar-refractivity contribution in [2.24, 2.45) is 12.8 Å². The molecular weight excluding hydrogens is 408 g/mol. The lowest BCUT2D eigenvalue weighted by atomic mass is 10.0. The molecule has 0 aromatic carbocycles. The van der Waals surface area contributed by atoms with Crippen molar-refractivity contribution in [1.29, 1.82) is 0 Å². The van der Waals surface area contributed by atoms with E-state index in [9.17, 15) is 22.4 Å². The number of nitrogens with one attached hydrogen (secondary N) is 1. The van der Waals surface area contributed by atoms with E-state index >= 15 is 0 Å². The smallest absolute Gasteiger partial charge is 0.284 e. The highest BCUT2D eigenvalue weighted by Gasteiger charge is 2.39. The number of rotatable bonds is 4. The second-order valence-corrected chi connectivity index (χ2v) is 7.17. The summed E-state index contributed by atoms with van der Waals surface area (Å²) in [5.41, 5.74) is 5.11. The number of halogens is 4. The summed E-state index contributed by atoms with van der Waals surface area (Å²) >= 11 is 0. The summed E-state index contributed by atoms with van der Waals surface area (Å²) in [6.45, 7) is -0.366. The molecule has 1 amide bonds. The van der Waals surface area contributed by atoms with Crippen LogP contribution >= 0.6 is 0 Å². The second kappa shape index (κ2) is 7.23. The van der Waals surface area contributed by atoms with Crippen molar-refractivity contribution < 1.29 is 22.4 Å². The monoisotopic (exact) mass is 426 g/mol. The molecule has 3 aromatic heterocycles. The Morgan fingerprint density at radius 1 is 1.40 bits per heavy atom. The molecule has 30 heavy (non-hydrogen) atoms. The van der Waals surface area contributed by atoms with Crippen molar-refractivity contribution in [3.8, 4) is 0 Å². The van der Waals surface area contributed by atoms with Gasteiger partial charge < -0.3 is 16.0 Å². The van der Waals surface area contributed by atoms with E-state index in [4.69, 9.17) is 5.73 Å². The third-order valence-corrected chi connectivity index (χ3v) is 4.67. The quantitative estimate of drug-likeness (QED) is 0.617. The second-order valence-electron chi connectivity index (χ2n) is 7.17. The maximum atomic E-state index is 13.9. The molecule has 0 radical (unpaired) electrons. The minimum atomic E-state index is -2.96. The molecule has 3 N–H and O–H groups in total. The zero-order chi connectivity index (χ0) is 21.6. The number of fused-ring (bicyclic) bond motifs is 1. The zero-order valence-corrected chi connectivity index (χ0v) is 15.8. The molecular formula is C17H18F4N8O. The Morgan fingerprint density at radius 3 is 2.87 bits per heavy atom. The molecule has 13 heteroatoms. The number of nitrogens with two attached hydrogens (primary N) is 1. The highest BCUT2D eigenvalue weighted by atomic mass is 19.3. The van der Waals surface area contributed by atoms with E-state index < -0.39 is 43.0 Å². The van der Waals surface area contributed by atoms with Gasteiger partial charge in [0.2, 0.25) is 0 Å². The van der Waals surface area contributed by atoms with E-state index in [0.717, 1.165) is 4.68 Å². The molecule has 1 fully saturated rings. The Kier molecular flexibility index (Phi) is 4.84. The molecule has 9 nitrogen and oxygen atoms in total. The predicted molar refractivity (Wildman–Crippen MR) is 98.9 cm³/mol. The minimum Gasteiger partial charge on any atom is -0.349 e. The van der Waals surface area contributed by atoms with E-state index in [1.807, 2.05) is 0 Å². The Bertz CT molecular complexity index is 1090. The van der Waals surface area contributed by atoms with Gasteiger partial charge in [0.25, 0.3) is 18.3 Å². The standard InChI is InChI=1S/C17H18F4N8O/c1-27-7-11(13(26-27)14(18)19)24-16(30)10-5-23-29-3-2-12(25-15(10)29)28-6-9(22)4-17(20,21)8-28/h2-3,5,7,9,14H,4,6,8,22H2,1H3,(H,24,30)/t9-/m0/s1. The molecule has 3 aromatic rings. The molecule has 0 unspecified atom stereocenters. The number of aryl methyl sites for hydroxylation is 1. The van der Waals surface area contributed by atoms with Crippen molar-refractivity contribution in [3.63, 3.8) is 0 Å². The van der Waals surface area contributed by atoms with Crippen LogP contribution in [0.15, 0.2) is 24.7 Å². The van der Waals surface area contributed by atoms with Crippen molar-refractivity contribution in [3.05, 3.63) is 35.9 Å². The number of alkyl halides is 4. The largest absolute Gasteiger partial charge is 0.349 e. The minimum absolute atomic E-state index is 0.00557. The Balaban J connectivity index is 1.64. The molecule has 1 aliphatic heterocycles. The van der Waals surface area contributed by atoms with Crippen LogP contribution in [-0.4, -0.2) is 55.3 Å². The molecule has 1 aliphatic rings. The summed E-state index contributed by atoms with van der Waals surface area (Å²) in [5, 5.41) is 10.0. The van der Waals surface area contributed by atoms with Crippen molar-refractivity contribution in [2.45, 2.75) is 24.8 Å². The lowest BCUT2D eigenvalue weighted by Gasteiger charge is -2.36. The van der Waals surface area contributed by atoms with E-state index in [0.29, 0.717) is 0 Å². The van der Waals surface area contributed by atoms with Crippen LogP contribution < -0.4 is 16.0 Å². The summed E-state index contributed by atoms with van der Waals surface area (Å²) in [6.07, 6.45) is 0.655. The van der Waals surface area contributed by atoms with Gasteiger partial charge in [0, 0.05) is 38.4 Å². The van der Waals surface area contributed by atoms with E-state index in [-0.39, 0.29) is 29.3 Å². The van der Waals surface area contributed by atoms with Gasteiger partial charge in [0.1, 0.15) is 11.4 Å². The van der Waals surface area contributed by atoms with Crippen LogP contribution in [-0.2, 0) is 7.05 Å². The van der Waals surface area contributed by atoms with Gasteiger partial charge in [-0.25, -0.2) is 27.1 Å². The predicted octanol–water partition coefficient (Wildman–Crippen LogP) is 1.83. The van der Waals surface area contributed by atoms with Gasteiger partial charge in [-0.2, -0.15) is 10.2 Å². The summed E-state index contributed by atoms with van der Waals surface area (Å²) in [7, 11) is 1.45. The van der Waals surface area contributed by atoms with Gasteiger partial charge in [-0.1, -0.05) is 0 Å². The van der Waals surface area contributed by atoms with Crippen LogP contribution in [0.3, 0.4) is 0 Å². The fourth-order valence-electron chi connectivity index (χ4n) is 3.46. The van der Waals surface area contributed by atoms with Crippen LogP contribution in [0.4, 0.5) is 29.1 Å². The normalized spacial score (nSPS) is 18.9. The fourth-order valence-corrected chi connectivity index (χ4v) is 3.46. The number of nitrogens with zero attached hydrogens (tertiary/aromatic N) is 6. The Morgan fingerprint density at radius 2 is 2.17 bits per heavy atom. The summed E-state index contributed by atoms with van der Waals surface area (Å²) in [6, 6.07) is 0.768. The summed E-state index contributed by atoms with van der Waals surface area (Å²) < 4.78 is 56.5. The van der Waals surface area contributed by atoms with Gasteiger partial charge in [0.15, 0.2) is 11.3 Å². The molecule has 0 aliphatic carbocycles. The number of amides is 1. The fraction of sp³-hybridized carbons (Fsp3) is 0.412. The number of hydrogen-bond acceptors (Lipinski definition) is 6. The maximum absolute atomic E-state index is 13.9. The first kappa shape index (κ1) is 20.1. The van der Waals surface area contributed by atoms with Crippen LogP contribution in [0.1, 0.15) is 28.9 Å². The van der Waals surface area contributed by atoms with Crippen LogP contribution in [0.2, 0.25) is 0 Å². The van der Waals surface area contributed by atoms with Crippen molar-refractivity contribution in [2.75, 3.05) is 23.3 Å². The molecule has 1 atom stereocenters. The number of aromatic nitrogens is 5. The maximum Gasteiger partial charge on any atom is 0.284 e. The molecule has 0 saturated carbocycles. The number of carbonyl (C=O) groups excluding carboxylic acids is 1. The van der Waals surface area contributed by atoms with Crippen LogP contribution in [0.5, 0.6) is 0 Å². The van der Waals surface area contributed by atoms with E-state index in [1.165, 1.54) is 41.1 Å². The van der Waals surface area contributed by atoms with E-state index in [1.54, 1.807) is 0 Å². The van der Waals surface area contributed by atoms with Crippen LogP contribution in [0.25, 0.3) is 5.65 Å². The van der Waals surface area contributed by atoms with E-state index in [2.05, 4.69) is 20.5 Å². The zero-order valence-electron chi connectivity index (χ0n) is 15.8. The molecule has 4 heterocycles. The van der Waals surface area contributed by atoms with Gasteiger partial charge >= 0.3 is 0 Å². The number of carbonyl (C=O) groups is 1. The molecule has 1 saturated heterocycles. The number of hydrogen-bond donors (Lipinski definition) is 2. The Hall–Kier alpha value is -3.22. The van der Waals surface area contributed by atoms with Crippen molar-refractivity contribution in [1.82, 2.24) is 24.4 Å². The lowest BCUT2D eigenvalue weighted by Crippen LogP contribution is -2.52. The average molecular weight is 426 g/mol. The summed E-state index contributed by atoms with van der Waals surface area (Å²) in [4.78, 5) is 18.3. The van der Waals surface area contributed by atoms with Gasteiger partial charge in [-0.3, -0.25) is 9.48 Å². The van der Waals surface area contributed by atoms with Crippen molar-refractivity contribution >= 4 is 23.1 Å². The number of anilines is 2. The van der Waals surface area contributed by atoms with Gasteiger partial charge in [0.05, 0.1) is 18.4 Å². The highest BCUT2D eigenvalue weighted by molar-refractivity contribution is 6.08. The van der Waals surface area contributed by atoms with Gasteiger partial charge in [-0.05, 0) is 6.07 Å². The molecule has 4 rings (SSSR count). The molecule has 0 spiro atoms. The third kappa shape index (κ3) is 3.79. The Labute approximate surface area is 167 Å². The first-order valence-corrected chi connectivity index (χ1v) is 8.99. The molecule has 0 bridgehead atoms. The molecule has 160 valence electrons. The summed E-state index contributed by atoms with van der Waals surface area (Å²) in [5.74, 6) is -3.48. The van der Waals surface area contributed by atoms with Gasteiger partial charge in [-0.15, -0.1) is 0 Å². The SMILES string of the molecule is Cn1cc(NC(=O)c2cnn3ccc(N4C[C@@H](N)CC(F)(F)C4)nc23)c(C(F)F)n1. The third-order valence-electron chi connectivity index (χ3n) is 4.67. The number of piperidine rings is 1. The van der Waals surface area contributed by atoms with Crippen LogP contribution in [0, 0.1) is 0 Å².